The van der Waals surface area contributed by atoms with Crippen LogP contribution in [0.2, 0.25) is 0 Å². The van der Waals surface area contributed by atoms with Crippen molar-refractivity contribution in [2.45, 2.75) is 0 Å². The number of nitrogens with zero attached hydrogens (tertiary/aromatic N) is 4. The average molecular weight is 589 g/mol. The summed E-state index contributed by atoms with van der Waals surface area (Å²) in [5.41, 5.74) is 8.96. The molecule has 5 heteroatoms. The van der Waals surface area contributed by atoms with Gasteiger partial charge in [0.2, 0.25) is 0 Å². The van der Waals surface area contributed by atoms with Crippen LogP contribution in [0, 0.1) is 11.3 Å². The van der Waals surface area contributed by atoms with Crippen molar-refractivity contribution in [1.82, 2.24) is 14.5 Å². The van der Waals surface area contributed by atoms with Gasteiger partial charge in [-0.3, -0.25) is 0 Å². The fourth-order valence-electron chi connectivity index (χ4n) is 6.63. The van der Waals surface area contributed by atoms with Crippen molar-refractivity contribution in [3.05, 3.63) is 151 Å². The van der Waals surface area contributed by atoms with E-state index in [1.807, 2.05) is 84.9 Å². The average Bonchev–Trinajstić information content (AvgIpc) is 3.67. The van der Waals surface area contributed by atoms with E-state index in [2.05, 4.69) is 71.3 Å². The molecule has 0 fully saturated rings. The Morgan fingerprint density at radius 2 is 1.17 bits per heavy atom. The zero-order valence-corrected chi connectivity index (χ0v) is 24.6. The fourth-order valence-corrected chi connectivity index (χ4v) is 6.63. The van der Waals surface area contributed by atoms with Crippen LogP contribution in [-0.2, 0) is 0 Å². The zero-order valence-electron chi connectivity index (χ0n) is 24.6. The van der Waals surface area contributed by atoms with Gasteiger partial charge in [0.15, 0.2) is 5.82 Å². The molecule has 0 atom stereocenters. The third-order valence-corrected chi connectivity index (χ3v) is 8.67. The molecule has 6 aromatic carbocycles. The minimum absolute atomic E-state index is 0.422. The largest absolute Gasteiger partial charge is 0.456 e. The third kappa shape index (κ3) is 3.94. The Kier molecular flexibility index (Phi) is 5.81. The Bertz CT molecular complexity index is 2590. The highest BCUT2D eigenvalue weighted by atomic mass is 16.3. The van der Waals surface area contributed by atoms with Crippen molar-refractivity contribution >= 4 is 43.7 Å². The highest BCUT2D eigenvalue weighted by Gasteiger charge is 2.22. The summed E-state index contributed by atoms with van der Waals surface area (Å²) >= 11 is 0. The molecule has 9 aromatic rings. The maximum absolute atomic E-state index is 10.6. The van der Waals surface area contributed by atoms with E-state index in [0.29, 0.717) is 22.8 Å². The van der Waals surface area contributed by atoms with E-state index in [1.165, 1.54) is 10.8 Å². The second kappa shape index (κ2) is 10.3. The van der Waals surface area contributed by atoms with E-state index in [0.717, 1.165) is 55.3 Å². The minimum Gasteiger partial charge on any atom is -0.456 e. The molecule has 0 aliphatic carbocycles. The molecule has 46 heavy (non-hydrogen) atoms. The van der Waals surface area contributed by atoms with Crippen LogP contribution in [0.4, 0.5) is 0 Å². The maximum Gasteiger partial charge on any atom is 0.160 e. The minimum atomic E-state index is 0.422. The number of aromatic nitrogens is 3. The lowest BCUT2D eigenvalue weighted by molar-refractivity contribution is 0.669. The first-order valence-electron chi connectivity index (χ1n) is 15.2. The molecule has 0 radical (unpaired) electrons. The van der Waals surface area contributed by atoms with Crippen LogP contribution in [0.25, 0.3) is 83.3 Å². The summed E-state index contributed by atoms with van der Waals surface area (Å²) in [6, 6.07) is 51.5. The van der Waals surface area contributed by atoms with Gasteiger partial charge in [-0.25, -0.2) is 9.97 Å². The van der Waals surface area contributed by atoms with E-state index in [9.17, 15) is 5.26 Å². The predicted molar refractivity (Wildman–Crippen MR) is 185 cm³/mol. The predicted octanol–water partition coefficient (Wildman–Crippen LogP) is 10.3. The van der Waals surface area contributed by atoms with Gasteiger partial charge in [-0.2, -0.15) is 5.26 Å². The smallest absolute Gasteiger partial charge is 0.160 e. The standard InChI is InChI=1S/C41H24N4O/c42-25-33-39(26-12-3-1-4-13-26)43-41(27-14-5-2-6-15-27)44-40(33)31-18-11-21-37-38(31)32-24-28(22-23-36(32)46-37)45-34-19-9-7-16-29(34)30-17-8-10-20-35(30)45/h1-24H. The van der Waals surface area contributed by atoms with Crippen LogP contribution in [0.15, 0.2) is 150 Å². The van der Waals surface area contributed by atoms with Crippen molar-refractivity contribution in [2.75, 3.05) is 0 Å². The molecule has 0 bridgehead atoms. The zero-order chi connectivity index (χ0) is 30.6. The van der Waals surface area contributed by atoms with E-state index in [-0.39, 0.29) is 0 Å². The molecule has 0 N–H and O–H groups in total. The Morgan fingerprint density at radius 1 is 0.543 bits per heavy atom. The highest BCUT2D eigenvalue weighted by Crippen LogP contribution is 2.41. The third-order valence-electron chi connectivity index (χ3n) is 8.67. The number of benzene rings is 6. The van der Waals surface area contributed by atoms with Gasteiger partial charge in [-0.15, -0.1) is 0 Å². The van der Waals surface area contributed by atoms with Crippen LogP contribution >= 0.6 is 0 Å². The molecule has 5 nitrogen and oxygen atoms in total. The summed E-state index contributed by atoms with van der Waals surface area (Å²) in [7, 11) is 0. The monoisotopic (exact) mass is 588 g/mol. The van der Waals surface area contributed by atoms with Gasteiger partial charge in [-0.05, 0) is 36.4 Å². The highest BCUT2D eigenvalue weighted by molar-refractivity contribution is 6.14. The molecule has 3 aromatic heterocycles. The summed E-state index contributed by atoms with van der Waals surface area (Å²) in [4.78, 5) is 10.0. The Labute approximate surface area is 264 Å². The van der Waals surface area contributed by atoms with Crippen LogP contribution in [0.3, 0.4) is 0 Å². The fraction of sp³-hybridized carbons (Fsp3) is 0. The van der Waals surface area contributed by atoms with E-state index < -0.39 is 0 Å². The SMILES string of the molecule is N#Cc1c(-c2ccccc2)nc(-c2ccccc2)nc1-c1cccc2oc3ccc(-n4c5ccccc5c5ccccc54)cc3c12. The molecular formula is C41H24N4O. The van der Waals surface area contributed by atoms with Crippen LogP contribution in [-0.4, -0.2) is 14.5 Å². The van der Waals surface area contributed by atoms with Crippen molar-refractivity contribution < 1.29 is 4.42 Å². The summed E-state index contributed by atoms with van der Waals surface area (Å²) in [6.07, 6.45) is 0. The first-order valence-corrected chi connectivity index (χ1v) is 15.2. The normalized spacial score (nSPS) is 11.5. The first-order chi connectivity index (χ1) is 22.8. The number of fused-ring (bicyclic) bond motifs is 6. The van der Waals surface area contributed by atoms with Gasteiger partial charge >= 0.3 is 0 Å². The van der Waals surface area contributed by atoms with Gasteiger partial charge in [-0.1, -0.05) is 109 Å². The molecule has 0 amide bonds. The molecule has 9 rings (SSSR count). The molecule has 0 saturated carbocycles. The lowest BCUT2D eigenvalue weighted by Crippen LogP contribution is -2.01. The lowest BCUT2D eigenvalue weighted by Gasteiger charge is -2.13. The lowest BCUT2D eigenvalue weighted by atomic mass is 9.97. The van der Waals surface area contributed by atoms with Gasteiger partial charge < -0.3 is 8.98 Å². The summed E-state index contributed by atoms with van der Waals surface area (Å²) in [5.74, 6) is 0.559. The van der Waals surface area contributed by atoms with Gasteiger partial charge in [0, 0.05) is 43.9 Å². The number of nitriles is 1. The molecule has 0 aliphatic heterocycles. The molecular weight excluding hydrogens is 564 g/mol. The molecule has 0 saturated heterocycles. The maximum atomic E-state index is 10.6. The van der Waals surface area contributed by atoms with Gasteiger partial charge in [0.05, 0.1) is 22.4 Å². The van der Waals surface area contributed by atoms with Crippen molar-refractivity contribution in [1.29, 1.82) is 5.26 Å². The second-order valence-corrected chi connectivity index (χ2v) is 11.3. The number of hydrogen-bond acceptors (Lipinski definition) is 4. The van der Waals surface area contributed by atoms with Crippen molar-refractivity contribution in [3.8, 4) is 45.7 Å². The molecule has 3 heterocycles. The molecule has 214 valence electrons. The van der Waals surface area contributed by atoms with Crippen molar-refractivity contribution in [3.63, 3.8) is 0 Å². The molecule has 0 unspecified atom stereocenters. The molecule has 0 aliphatic rings. The van der Waals surface area contributed by atoms with Crippen LogP contribution in [0.1, 0.15) is 5.56 Å². The summed E-state index contributed by atoms with van der Waals surface area (Å²) in [5, 5.41) is 14.9. The second-order valence-electron chi connectivity index (χ2n) is 11.3. The Morgan fingerprint density at radius 3 is 1.87 bits per heavy atom. The quantitative estimate of drug-likeness (QED) is 0.205. The Hall–Kier alpha value is -6.51. The van der Waals surface area contributed by atoms with E-state index >= 15 is 0 Å². The number of para-hydroxylation sites is 2. The summed E-state index contributed by atoms with van der Waals surface area (Å²) in [6.45, 7) is 0. The van der Waals surface area contributed by atoms with E-state index in [4.69, 9.17) is 14.4 Å². The number of furan rings is 1. The number of rotatable bonds is 4. The van der Waals surface area contributed by atoms with Crippen LogP contribution < -0.4 is 0 Å². The summed E-state index contributed by atoms with van der Waals surface area (Å²) < 4.78 is 8.73. The van der Waals surface area contributed by atoms with E-state index in [1.54, 1.807) is 0 Å². The number of hydrogen-bond donors (Lipinski definition) is 0. The first kappa shape index (κ1) is 25.9. The Balaban J connectivity index is 1.35. The van der Waals surface area contributed by atoms with Gasteiger partial charge in [0.1, 0.15) is 22.8 Å². The topological polar surface area (TPSA) is 67.6 Å². The van der Waals surface area contributed by atoms with Crippen molar-refractivity contribution in [2.24, 2.45) is 0 Å². The van der Waals surface area contributed by atoms with Gasteiger partial charge in [0.25, 0.3) is 0 Å². The van der Waals surface area contributed by atoms with Crippen LogP contribution in [0.5, 0.6) is 0 Å². The molecule has 0 spiro atoms.